The molecule has 0 amide bonds. The first-order chi connectivity index (χ1) is 12.6. The number of thiazole rings is 1. The van der Waals surface area contributed by atoms with Crippen LogP contribution >= 0.6 is 11.3 Å². The summed E-state index contributed by atoms with van der Waals surface area (Å²) >= 11 is 1.68. The maximum absolute atomic E-state index is 5.56. The number of nitrogens with zero attached hydrogens (tertiary/aromatic N) is 2. The Hall–Kier alpha value is -2.08. The molecule has 0 aliphatic heterocycles. The van der Waals surface area contributed by atoms with Gasteiger partial charge in [0.1, 0.15) is 10.8 Å². The van der Waals surface area contributed by atoms with Crippen LogP contribution in [0.2, 0.25) is 0 Å². The molecule has 0 fully saturated rings. The summed E-state index contributed by atoms with van der Waals surface area (Å²) < 4.78 is 5.56. The van der Waals surface area contributed by atoms with Crippen LogP contribution in [0.1, 0.15) is 49.9 Å². The number of ether oxygens (including phenoxy) is 1. The summed E-state index contributed by atoms with van der Waals surface area (Å²) in [4.78, 5) is 9.29. The van der Waals surface area contributed by atoms with E-state index >= 15 is 0 Å². The van der Waals surface area contributed by atoms with Crippen molar-refractivity contribution in [1.82, 2.24) is 15.6 Å². The summed E-state index contributed by atoms with van der Waals surface area (Å²) in [6, 6.07) is 8.25. The second kappa shape index (κ2) is 10.8. The highest BCUT2D eigenvalue weighted by molar-refractivity contribution is 7.09. The largest absolute Gasteiger partial charge is 0.494 e. The van der Waals surface area contributed by atoms with Gasteiger partial charge < -0.3 is 15.4 Å². The Balaban J connectivity index is 1.87. The van der Waals surface area contributed by atoms with Crippen molar-refractivity contribution in [2.24, 2.45) is 4.99 Å². The predicted molar refractivity (Wildman–Crippen MR) is 110 cm³/mol. The molecule has 0 saturated carbocycles. The maximum atomic E-state index is 5.56. The Bertz CT molecular complexity index is 697. The van der Waals surface area contributed by atoms with E-state index in [-0.39, 0.29) is 0 Å². The quantitative estimate of drug-likeness (QED) is 0.515. The first-order valence-electron chi connectivity index (χ1n) is 9.30. The standard InChI is InChI=1S/C20H30N4OS/c1-5-21-20(23-13-19-24-18(14-26-19)15(3)4)22-11-10-16-8-7-9-17(12-16)25-6-2/h7-9,12,14-15H,5-6,10-11,13H2,1-4H3,(H2,21,22,23). The molecular formula is C20H30N4OS. The third-order valence-corrected chi connectivity index (χ3v) is 4.65. The highest BCUT2D eigenvalue weighted by Gasteiger charge is 2.06. The van der Waals surface area contributed by atoms with E-state index in [0.29, 0.717) is 19.1 Å². The third-order valence-electron chi connectivity index (χ3n) is 3.79. The fourth-order valence-electron chi connectivity index (χ4n) is 2.43. The third kappa shape index (κ3) is 6.67. The van der Waals surface area contributed by atoms with Crippen molar-refractivity contribution in [3.8, 4) is 5.75 Å². The monoisotopic (exact) mass is 374 g/mol. The molecule has 0 aliphatic carbocycles. The minimum Gasteiger partial charge on any atom is -0.494 e. The van der Waals surface area contributed by atoms with E-state index in [1.165, 1.54) is 5.56 Å². The summed E-state index contributed by atoms with van der Waals surface area (Å²) in [5, 5.41) is 9.86. The lowest BCUT2D eigenvalue weighted by Crippen LogP contribution is -2.38. The van der Waals surface area contributed by atoms with Gasteiger partial charge in [0, 0.05) is 18.5 Å². The number of guanidine groups is 1. The molecule has 1 aromatic carbocycles. The van der Waals surface area contributed by atoms with Gasteiger partial charge >= 0.3 is 0 Å². The van der Waals surface area contributed by atoms with Gasteiger partial charge in [0.15, 0.2) is 5.96 Å². The van der Waals surface area contributed by atoms with Crippen LogP contribution in [0, 0.1) is 0 Å². The lowest BCUT2D eigenvalue weighted by molar-refractivity contribution is 0.340. The minimum absolute atomic E-state index is 0.461. The number of rotatable bonds is 9. The van der Waals surface area contributed by atoms with Gasteiger partial charge in [-0.05, 0) is 43.9 Å². The summed E-state index contributed by atoms with van der Waals surface area (Å²) in [5.74, 6) is 2.22. The molecular weight excluding hydrogens is 344 g/mol. The average molecular weight is 375 g/mol. The topological polar surface area (TPSA) is 58.5 Å². The van der Waals surface area contributed by atoms with Crippen LogP contribution in [0.25, 0.3) is 0 Å². The van der Waals surface area contributed by atoms with Crippen LogP contribution in [0.4, 0.5) is 0 Å². The molecule has 2 aromatic rings. The van der Waals surface area contributed by atoms with E-state index < -0.39 is 0 Å². The SMILES string of the molecule is CCNC(=NCc1nc(C(C)C)cs1)NCCc1cccc(OCC)c1. The average Bonchev–Trinajstić information content (AvgIpc) is 3.10. The molecule has 26 heavy (non-hydrogen) atoms. The first kappa shape index (κ1) is 20.2. The fourth-order valence-corrected chi connectivity index (χ4v) is 3.31. The lowest BCUT2D eigenvalue weighted by atomic mass is 10.1. The number of hydrogen-bond acceptors (Lipinski definition) is 4. The van der Waals surface area contributed by atoms with Crippen molar-refractivity contribution in [2.75, 3.05) is 19.7 Å². The Morgan fingerprint density at radius 3 is 2.81 bits per heavy atom. The number of aliphatic imine (C=N–C) groups is 1. The van der Waals surface area contributed by atoms with Crippen LogP contribution < -0.4 is 15.4 Å². The smallest absolute Gasteiger partial charge is 0.191 e. The Morgan fingerprint density at radius 2 is 2.12 bits per heavy atom. The second-order valence-electron chi connectivity index (χ2n) is 6.27. The predicted octanol–water partition coefficient (Wildman–Crippen LogP) is 3.96. The van der Waals surface area contributed by atoms with Gasteiger partial charge in [-0.3, -0.25) is 0 Å². The van der Waals surface area contributed by atoms with Gasteiger partial charge in [-0.25, -0.2) is 9.98 Å². The van der Waals surface area contributed by atoms with Crippen LogP contribution in [0.15, 0.2) is 34.6 Å². The van der Waals surface area contributed by atoms with Crippen molar-refractivity contribution >= 4 is 17.3 Å². The van der Waals surface area contributed by atoms with Gasteiger partial charge in [-0.2, -0.15) is 0 Å². The molecule has 2 N–H and O–H groups in total. The fraction of sp³-hybridized carbons (Fsp3) is 0.500. The highest BCUT2D eigenvalue weighted by Crippen LogP contribution is 2.18. The molecule has 0 atom stereocenters. The minimum atomic E-state index is 0.461. The van der Waals surface area contributed by atoms with Crippen LogP contribution in [0.5, 0.6) is 5.75 Å². The van der Waals surface area contributed by atoms with Gasteiger partial charge in [-0.1, -0.05) is 26.0 Å². The molecule has 6 heteroatoms. The van der Waals surface area contributed by atoms with E-state index in [1.54, 1.807) is 11.3 Å². The molecule has 2 rings (SSSR count). The molecule has 5 nitrogen and oxygen atoms in total. The lowest BCUT2D eigenvalue weighted by Gasteiger charge is -2.11. The van der Waals surface area contributed by atoms with Gasteiger partial charge in [0.25, 0.3) is 0 Å². The number of nitrogens with one attached hydrogen (secondary N) is 2. The summed E-state index contributed by atoms with van der Waals surface area (Å²) in [7, 11) is 0. The molecule has 0 aliphatic rings. The van der Waals surface area contributed by atoms with Crippen molar-refractivity contribution in [3.05, 3.63) is 45.9 Å². The van der Waals surface area contributed by atoms with Crippen molar-refractivity contribution < 1.29 is 4.74 Å². The molecule has 0 unspecified atom stereocenters. The molecule has 0 spiro atoms. The highest BCUT2D eigenvalue weighted by atomic mass is 32.1. The summed E-state index contributed by atoms with van der Waals surface area (Å²) in [6.07, 6.45) is 0.917. The number of aromatic nitrogens is 1. The van der Waals surface area contributed by atoms with E-state index in [9.17, 15) is 0 Å². The maximum Gasteiger partial charge on any atom is 0.191 e. The van der Waals surface area contributed by atoms with Crippen molar-refractivity contribution in [1.29, 1.82) is 0 Å². The summed E-state index contributed by atoms with van der Waals surface area (Å²) in [5.41, 5.74) is 2.40. The van der Waals surface area contributed by atoms with E-state index in [4.69, 9.17) is 4.74 Å². The van der Waals surface area contributed by atoms with Crippen LogP contribution in [-0.2, 0) is 13.0 Å². The van der Waals surface area contributed by atoms with Gasteiger partial charge in [0.05, 0.1) is 18.8 Å². The molecule has 1 heterocycles. The zero-order valence-corrected chi connectivity index (χ0v) is 17.0. The number of hydrogen-bond donors (Lipinski definition) is 2. The van der Waals surface area contributed by atoms with Crippen molar-refractivity contribution in [2.45, 2.75) is 46.6 Å². The number of benzene rings is 1. The molecule has 0 bridgehead atoms. The van der Waals surface area contributed by atoms with Gasteiger partial charge in [-0.15, -0.1) is 11.3 Å². The Kier molecular flexibility index (Phi) is 8.41. The zero-order valence-electron chi connectivity index (χ0n) is 16.2. The molecule has 0 radical (unpaired) electrons. The summed E-state index contributed by atoms with van der Waals surface area (Å²) in [6.45, 7) is 11.3. The van der Waals surface area contributed by atoms with Crippen LogP contribution in [-0.4, -0.2) is 30.6 Å². The second-order valence-corrected chi connectivity index (χ2v) is 7.22. The zero-order chi connectivity index (χ0) is 18.8. The van der Waals surface area contributed by atoms with Gasteiger partial charge in [0.2, 0.25) is 0 Å². The molecule has 142 valence electrons. The van der Waals surface area contributed by atoms with Crippen LogP contribution in [0.3, 0.4) is 0 Å². The van der Waals surface area contributed by atoms with E-state index in [1.807, 2.05) is 19.1 Å². The normalized spacial score (nSPS) is 11.7. The molecule has 0 saturated heterocycles. The van der Waals surface area contributed by atoms with E-state index in [2.05, 4.69) is 58.9 Å². The van der Waals surface area contributed by atoms with E-state index in [0.717, 1.165) is 41.9 Å². The Morgan fingerprint density at radius 1 is 1.27 bits per heavy atom. The Labute approximate surface area is 160 Å². The molecule has 1 aromatic heterocycles. The van der Waals surface area contributed by atoms with Crippen molar-refractivity contribution in [3.63, 3.8) is 0 Å². The first-order valence-corrected chi connectivity index (χ1v) is 10.2.